The number of carbonyl (C=O) groups is 1. The third kappa shape index (κ3) is 3.14. The third-order valence-electron chi connectivity index (χ3n) is 4.00. The maximum atomic E-state index is 13.7. The number of hydrogen-bond acceptors (Lipinski definition) is 4. The minimum Gasteiger partial charge on any atom is -0.363 e. The molecule has 25 heavy (non-hydrogen) atoms. The van der Waals surface area contributed by atoms with Gasteiger partial charge in [0.1, 0.15) is 5.92 Å². The monoisotopic (exact) mass is 386 g/mol. The summed E-state index contributed by atoms with van der Waals surface area (Å²) < 4.78 is 41.1. The van der Waals surface area contributed by atoms with Crippen LogP contribution in [0.25, 0.3) is 0 Å². The lowest BCUT2D eigenvalue weighted by Crippen LogP contribution is -2.72. The van der Waals surface area contributed by atoms with Gasteiger partial charge in [-0.2, -0.15) is 13.2 Å². The molecule has 0 amide bonds. The Bertz CT molecular complexity index is 780. The van der Waals surface area contributed by atoms with Crippen molar-refractivity contribution >= 4 is 34.5 Å². The fourth-order valence-electron chi connectivity index (χ4n) is 2.83. The number of halogens is 3. The number of ketones is 1. The molecule has 1 aliphatic heterocycles. The van der Waals surface area contributed by atoms with Crippen molar-refractivity contribution in [2.45, 2.75) is 17.9 Å². The van der Waals surface area contributed by atoms with E-state index in [0.29, 0.717) is 4.88 Å². The molecule has 0 saturated carbocycles. The summed E-state index contributed by atoms with van der Waals surface area (Å²) >= 11 is 6.02. The lowest BCUT2D eigenvalue weighted by molar-refractivity contribution is -0.285. The Hall–Kier alpha value is -1.97. The summed E-state index contributed by atoms with van der Waals surface area (Å²) in [6.45, 7) is 0. The molecule has 1 saturated heterocycles. The van der Waals surface area contributed by atoms with Crippen molar-refractivity contribution in [1.29, 1.82) is 0 Å². The van der Waals surface area contributed by atoms with Crippen LogP contribution in [0.15, 0.2) is 47.8 Å². The van der Waals surface area contributed by atoms with E-state index in [0.717, 1.165) is 0 Å². The fourth-order valence-corrected chi connectivity index (χ4v) is 3.92. The first kappa shape index (κ1) is 17.8. The van der Waals surface area contributed by atoms with Crippen LogP contribution in [-0.4, -0.2) is 27.9 Å². The van der Waals surface area contributed by atoms with Gasteiger partial charge in [-0.05, 0) is 23.7 Å². The molecule has 3 rings (SSSR count). The number of alkyl halides is 3. The van der Waals surface area contributed by atoms with Gasteiger partial charge in [0.05, 0.1) is 6.04 Å². The number of aliphatic hydroxyl groups is 1. The molecule has 2 aromatic rings. The van der Waals surface area contributed by atoms with Crippen LogP contribution in [0.5, 0.6) is 0 Å². The van der Waals surface area contributed by atoms with Gasteiger partial charge in [0.15, 0.2) is 10.9 Å². The molecule has 2 heterocycles. The Kier molecular flexibility index (Phi) is 4.56. The van der Waals surface area contributed by atoms with Crippen LogP contribution in [0.4, 0.5) is 13.2 Å². The van der Waals surface area contributed by atoms with Crippen LogP contribution in [0.1, 0.15) is 21.3 Å². The third-order valence-corrected chi connectivity index (χ3v) is 5.17. The van der Waals surface area contributed by atoms with Crippen LogP contribution in [0.2, 0.25) is 0 Å². The fraction of sp³-hybridized carbons (Fsp3) is 0.250. The average molecular weight is 386 g/mol. The van der Waals surface area contributed by atoms with Gasteiger partial charge in [-0.25, -0.2) is 0 Å². The van der Waals surface area contributed by atoms with Crippen LogP contribution in [0, 0.1) is 5.92 Å². The highest BCUT2D eigenvalue weighted by atomic mass is 32.1. The van der Waals surface area contributed by atoms with E-state index in [1.54, 1.807) is 35.7 Å². The number of rotatable bonds is 3. The van der Waals surface area contributed by atoms with Gasteiger partial charge in [0, 0.05) is 10.4 Å². The maximum Gasteiger partial charge on any atom is 0.437 e. The summed E-state index contributed by atoms with van der Waals surface area (Å²) in [6, 6.07) is 9.73. The first-order chi connectivity index (χ1) is 11.7. The Labute approximate surface area is 150 Å². The molecule has 132 valence electrons. The molecule has 0 bridgehead atoms. The molecule has 1 aliphatic rings. The Balaban J connectivity index is 2.14. The molecule has 0 aliphatic carbocycles. The Morgan fingerprint density at radius 3 is 2.44 bits per heavy atom. The minimum atomic E-state index is -5.11. The number of thiocarbonyl (C=S) groups is 1. The maximum absolute atomic E-state index is 13.7. The highest BCUT2D eigenvalue weighted by Crippen LogP contribution is 2.44. The van der Waals surface area contributed by atoms with E-state index < -0.39 is 29.6 Å². The quantitative estimate of drug-likeness (QED) is 0.559. The first-order valence-electron chi connectivity index (χ1n) is 7.24. The van der Waals surface area contributed by atoms with Crippen molar-refractivity contribution in [2.75, 3.05) is 0 Å². The summed E-state index contributed by atoms with van der Waals surface area (Å²) in [5.74, 6) is -2.68. The number of nitrogens with one attached hydrogen (secondary N) is 2. The lowest BCUT2D eigenvalue weighted by Gasteiger charge is -2.45. The van der Waals surface area contributed by atoms with Crippen molar-refractivity contribution in [1.82, 2.24) is 10.6 Å². The molecule has 3 atom stereocenters. The average Bonchev–Trinajstić information content (AvgIpc) is 3.08. The highest BCUT2D eigenvalue weighted by Gasteiger charge is 2.65. The van der Waals surface area contributed by atoms with Gasteiger partial charge in [0.25, 0.3) is 0 Å². The molecular formula is C16H13F3N2O2S2. The van der Waals surface area contributed by atoms with E-state index in [2.05, 4.69) is 5.32 Å². The van der Waals surface area contributed by atoms with Crippen molar-refractivity contribution in [3.05, 3.63) is 58.3 Å². The second-order valence-corrected chi connectivity index (χ2v) is 6.95. The smallest absolute Gasteiger partial charge is 0.363 e. The zero-order valence-corrected chi connectivity index (χ0v) is 14.2. The van der Waals surface area contributed by atoms with Gasteiger partial charge in [-0.1, -0.05) is 36.4 Å². The van der Waals surface area contributed by atoms with E-state index in [4.69, 9.17) is 12.2 Å². The number of carbonyl (C=O) groups excluding carboxylic acids is 1. The first-order valence-corrected chi connectivity index (χ1v) is 8.53. The standard InChI is InChI=1S/C16H13F3N2O2S2/c17-16(18,19)15(23)11(13(22)9-5-2-1-3-6-9)12(20-14(24)21-15)10-7-4-8-25-10/h1-8,11-12,23H,(H2,20,21,24)/t11-,12+,15+/m0/s1. The molecule has 3 N–H and O–H groups in total. The summed E-state index contributed by atoms with van der Waals surface area (Å²) in [7, 11) is 0. The van der Waals surface area contributed by atoms with Crippen LogP contribution < -0.4 is 10.6 Å². The number of benzene rings is 1. The largest absolute Gasteiger partial charge is 0.437 e. The SMILES string of the molecule is O=C(c1ccccc1)[C@@H]1[C@@H](c2cccs2)NC(=S)N[C@]1(O)C(F)(F)F. The molecule has 1 fully saturated rings. The summed E-state index contributed by atoms with van der Waals surface area (Å²) in [5.41, 5.74) is -3.40. The van der Waals surface area contributed by atoms with Crippen LogP contribution in [0.3, 0.4) is 0 Å². The van der Waals surface area contributed by atoms with Gasteiger partial charge in [-0.3, -0.25) is 4.79 Å². The normalized spacial score (nSPS) is 26.6. The Morgan fingerprint density at radius 2 is 1.88 bits per heavy atom. The van der Waals surface area contributed by atoms with Gasteiger partial charge in [0.2, 0.25) is 5.72 Å². The molecule has 0 radical (unpaired) electrons. The van der Waals surface area contributed by atoms with Crippen LogP contribution >= 0.6 is 23.6 Å². The second kappa shape index (κ2) is 6.40. The van der Waals surface area contributed by atoms with E-state index in [1.165, 1.54) is 23.5 Å². The number of hydrogen-bond donors (Lipinski definition) is 3. The summed E-state index contributed by atoms with van der Waals surface area (Å²) in [6.07, 6.45) is -5.11. The highest BCUT2D eigenvalue weighted by molar-refractivity contribution is 7.80. The summed E-state index contributed by atoms with van der Waals surface area (Å²) in [4.78, 5) is 13.4. The summed E-state index contributed by atoms with van der Waals surface area (Å²) in [5, 5.41) is 16.3. The van der Waals surface area contributed by atoms with E-state index in [1.807, 2.05) is 5.32 Å². The molecule has 9 heteroatoms. The van der Waals surface area contributed by atoms with Crippen molar-refractivity contribution < 1.29 is 23.1 Å². The van der Waals surface area contributed by atoms with Crippen molar-refractivity contribution in [3.63, 3.8) is 0 Å². The molecule has 1 aromatic carbocycles. The minimum absolute atomic E-state index is 0.0770. The van der Waals surface area contributed by atoms with Crippen molar-refractivity contribution in [2.24, 2.45) is 5.92 Å². The van der Waals surface area contributed by atoms with Gasteiger partial charge in [-0.15, -0.1) is 11.3 Å². The predicted octanol–water partition coefficient (Wildman–Crippen LogP) is 3.02. The van der Waals surface area contributed by atoms with E-state index in [9.17, 15) is 23.1 Å². The Morgan fingerprint density at radius 1 is 1.20 bits per heavy atom. The lowest BCUT2D eigenvalue weighted by atomic mass is 9.79. The number of thiophene rings is 1. The molecule has 0 spiro atoms. The number of Topliss-reactive ketones (excluding diaryl/α,β-unsaturated/α-hetero) is 1. The van der Waals surface area contributed by atoms with E-state index >= 15 is 0 Å². The molecule has 0 unspecified atom stereocenters. The zero-order chi connectivity index (χ0) is 18.2. The van der Waals surface area contributed by atoms with Crippen molar-refractivity contribution in [3.8, 4) is 0 Å². The predicted molar refractivity (Wildman–Crippen MR) is 91.2 cm³/mol. The van der Waals surface area contributed by atoms with Gasteiger partial charge >= 0.3 is 6.18 Å². The van der Waals surface area contributed by atoms with Gasteiger partial charge < -0.3 is 15.7 Å². The molecule has 1 aromatic heterocycles. The molecule has 4 nitrogen and oxygen atoms in total. The topological polar surface area (TPSA) is 61.4 Å². The van der Waals surface area contributed by atoms with Crippen LogP contribution in [-0.2, 0) is 0 Å². The second-order valence-electron chi connectivity index (χ2n) is 5.56. The molecular weight excluding hydrogens is 373 g/mol. The zero-order valence-electron chi connectivity index (χ0n) is 12.6. The van der Waals surface area contributed by atoms with E-state index in [-0.39, 0.29) is 10.7 Å².